The summed E-state index contributed by atoms with van der Waals surface area (Å²) in [5.41, 5.74) is 6.96. The predicted molar refractivity (Wildman–Crippen MR) is 80.3 cm³/mol. The molecule has 0 bridgehead atoms. The van der Waals surface area contributed by atoms with Gasteiger partial charge >= 0.3 is 0 Å². The van der Waals surface area contributed by atoms with Crippen molar-refractivity contribution < 1.29 is 13.2 Å². The molecule has 0 fully saturated rings. The summed E-state index contributed by atoms with van der Waals surface area (Å²) < 4.78 is 31.8. The van der Waals surface area contributed by atoms with Gasteiger partial charge in [-0.05, 0) is 19.1 Å². The summed E-state index contributed by atoms with van der Waals surface area (Å²) in [4.78, 5) is 0. The van der Waals surface area contributed by atoms with E-state index in [0.29, 0.717) is 11.4 Å². The number of nitrogens with two attached hydrogens (primary N) is 1. The number of aromatic amines is 1. The molecule has 1 atom stereocenters. The number of hydrogen-bond acceptors (Lipinski definition) is 5. The second-order valence-electron chi connectivity index (χ2n) is 4.61. The van der Waals surface area contributed by atoms with Crippen molar-refractivity contribution in [3.63, 3.8) is 0 Å². The molecule has 7 nitrogen and oxygen atoms in total. The minimum Gasteiger partial charge on any atom is -0.492 e. The van der Waals surface area contributed by atoms with Crippen LogP contribution in [0, 0.1) is 0 Å². The molecule has 1 aromatic heterocycles. The van der Waals surface area contributed by atoms with Gasteiger partial charge in [-0.2, -0.15) is 5.10 Å². The average Bonchev–Trinajstić information content (AvgIpc) is 2.92. The van der Waals surface area contributed by atoms with Crippen molar-refractivity contribution in [3.05, 3.63) is 42.2 Å². The van der Waals surface area contributed by atoms with Gasteiger partial charge in [-0.25, -0.2) is 13.1 Å². The molecular weight excluding hydrogens is 292 g/mol. The number of anilines is 1. The monoisotopic (exact) mass is 310 g/mol. The Bertz CT molecular complexity index is 670. The zero-order chi connectivity index (χ0) is 15.3. The molecule has 1 heterocycles. The molecule has 0 saturated heterocycles. The summed E-state index contributed by atoms with van der Waals surface area (Å²) in [7, 11) is -3.44. The molecule has 0 aliphatic carbocycles. The third-order valence-corrected chi connectivity index (χ3v) is 4.27. The number of ether oxygens (including phenoxy) is 1. The van der Waals surface area contributed by atoms with Crippen molar-refractivity contribution in [2.45, 2.75) is 13.0 Å². The third kappa shape index (κ3) is 4.76. The average molecular weight is 310 g/mol. The minimum atomic E-state index is -3.44. The van der Waals surface area contributed by atoms with Crippen molar-refractivity contribution in [3.8, 4) is 5.75 Å². The van der Waals surface area contributed by atoms with E-state index >= 15 is 0 Å². The van der Waals surface area contributed by atoms with E-state index < -0.39 is 10.0 Å². The van der Waals surface area contributed by atoms with Crippen LogP contribution < -0.4 is 15.2 Å². The zero-order valence-electron chi connectivity index (χ0n) is 11.6. The fourth-order valence-electron chi connectivity index (χ4n) is 1.77. The lowest BCUT2D eigenvalue weighted by molar-refractivity contribution is 0.340. The van der Waals surface area contributed by atoms with E-state index in [1.54, 1.807) is 43.6 Å². The highest BCUT2D eigenvalue weighted by Gasteiger charge is 2.16. The maximum absolute atomic E-state index is 11.9. The smallest absolute Gasteiger partial charge is 0.215 e. The number of nitrogens with one attached hydrogen (secondary N) is 2. The van der Waals surface area contributed by atoms with E-state index in [1.165, 1.54) is 0 Å². The second-order valence-corrected chi connectivity index (χ2v) is 6.48. The SMILES string of the molecule is CC(NS(=O)(=O)CCOc1cccc(N)c1)c1cn[nH]c1. The van der Waals surface area contributed by atoms with Gasteiger partial charge in [0.2, 0.25) is 10.0 Å². The van der Waals surface area contributed by atoms with Crippen molar-refractivity contribution in [1.82, 2.24) is 14.9 Å². The molecule has 0 spiro atoms. The first-order valence-corrected chi connectivity index (χ1v) is 8.08. The summed E-state index contributed by atoms with van der Waals surface area (Å²) in [6.45, 7) is 1.80. The van der Waals surface area contributed by atoms with Gasteiger partial charge < -0.3 is 10.5 Å². The third-order valence-electron chi connectivity index (χ3n) is 2.85. The number of aromatic nitrogens is 2. The van der Waals surface area contributed by atoms with Crippen LogP contribution in [0.4, 0.5) is 5.69 Å². The fourth-order valence-corrected chi connectivity index (χ4v) is 2.86. The Morgan fingerprint density at radius 3 is 2.95 bits per heavy atom. The first-order valence-electron chi connectivity index (χ1n) is 6.43. The van der Waals surface area contributed by atoms with E-state index in [-0.39, 0.29) is 18.4 Å². The largest absolute Gasteiger partial charge is 0.492 e. The van der Waals surface area contributed by atoms with Crippen LogP contribution in [0.25, 0.3) is 0 Å². The summed E-state index contributed by atoms with van der Waals surface area (Å²) in [6, 6.07) is 6.51. The van der Waals surface area contributed by atoms with Gasteiger partial charge in [0.05, 0.1) is 11.9 Å². The van der Waals surface area contributed by atoms with E-state index in [9.17, 15) is 8.42 Å². The molecule has 21 heavy (non-hydrogen) atoms. The Balaban J connectivity index is 1.84. The topological polar surface area (TPSA) is 110 Å². The van der Waals surface area contributed by atoms with Crippen LogP contribution in [0.15, 0.2) is 36.7 Å². The lowest BCUT2D eigenvalue weighted by Crippen LogP contribution is -2.31. The summed E-state index contributed by atoms with van der Waals surface area (Å²) in [6.07, 6.45) is 3.23. The number of nitrogens with zero attached hydrogens (tertiary/aromatic N) is 1. The van der Waals surface area contributed by atoms with Crippen molar-refractivity contribution in [1.29, 1.82) is 0 Å². The maximum Gasteiger partial charge on any atom is 0.215 e. The molecule has 4 N–H and O–H groups in total. The molecule has 8 heteroatoms. The first kappa shape index (κ1) is 15.3. The number of hydrogen-bond donors (Lipinski definition) is 3. The molecule has 114 valence electrons. The molecule has 1 unspecified atom stereocenters. The van der Waals surface area contributed by atoms with Crippen LogP contribution >= 0.6 is 0 Å². The quantitative estimate of drug-likeness (QED) is 0.662. The lowest BCUT2D eigenvalue weighted by Gasteiger charge is -2.13. The Morgan fingerprint density at radius 2 is 2.29 bits per heavy atom. The number of sulfonamides is 1. The molecule has 2 rings (SSSR count). The summed E-state index contributed by atoms with van der Waals surface area (Å²) in [5.74, 6) is 0.414. The number of H-pyrrole nitrogens is 1. The highest BCUT2D eigenvalue weighted by atomic mass is 32.2. The van der Waals surface area contributed by atoms with E-state index in [4.69, 9.17) is 10.5 Å². The Labute approximate surface area is 123 Å². The molecule has 0 amide bonds. The highest BCUT2D eigenvalue weighted by molar-refractivity contribution is 7.89. The lowest BCUT2D eigenvalue weighted by atomic mass is 10.2. The van der Waals surface area contributed by atoms with Gasteiger partial charge in [-0.3, -0.25) is 5.10 Å². The van der Waals surface area contributed by atoms with Gasteiger partial charge in [0, 0.05) is 29.6 Å². The number of nitrogen functional groups attached to an aromatic ring is 1. The van der Waals surface area contributed by atoms with Gasteiger partial charge in [-0.1, -0.05) is 6.07 Å². The highest BCUT2D eigenvalue weighted by Crippen LogP contribution is 2.15. The molecule has 0 aliphatic heterocycles. The fraction of sp³-hybridized carbons (Fsp3) is 0.308. The maximum atomic E-state index is 11.9. The van der Waals surface area contributed by atoms with Crippen molar-refractivity contribution in [2.24, 2.45) is 0 Å². The number of benzene rings is 1. The summed E-state index contributed by atoms with van der Waals surface area (Å²) >= 11 is 0. The van der Waals surface area contributed by atoms with Crippen molar-refractivity contribution >= 4 is 15.7 Å². The van der Waals surface area contributed by atoms with Crippen LogP contribution in [-0.4, -0.2) is 31.0 Å². The minimum absolute atomic E-state index is 0.0525. The Morgan fingerprint density at radius 1 is 1.48 bits per heavy atom. The zero-order valence-corrected chi connectivity index (χ0v) is 12.4. The van der Waals surface area contributed by atoms with E-state index in [1.807, 2.05) is 0 Å². The normalized spacial score (nSPS) is 13.0. The molecule has 1 aromatic carbocycles. The van der Waals surface area contributed by atoms with Crippen LogP contribution in [0.1, 0.15) is 18.5 Å². The Kier molecular flexibility index (Phi) is 4.81. The molecule has 0 aliphatic rings. The molecule has 2 aromatic rings. The van der Waals surface area contributed by atoms with Crippen LogP contribution in [0.2, 0.25) is 0 Å². The molecule has 0 saturated carbocycles. The number of rotatable bonds is 7. The van der Waals surface area contributed by atoms with Gasteiger partial charge in [0.15, 0.2) is 0 Å². The molecular formula is C13H18N4O3S. The van der Waals surface area contributed by atoms with E-state index in [2.05, 4.69) is 14.9 Å². The van der Waals surface area contributed by atoms with Gasteiger partial charge in [0.1, 0.15) is 12.4 Å². The second kappa shape index (κ2) is 6.59. The summed E-state index contributed by atoms with van der Waals surface area (Å²) in [5, 5.41) is 6.43. The standard InChI is InChI=1S/C13H18N4O3S/c1-10(11-8-15-16-9-11)17-21(18,19)6-5-20-13-4-2-3-12(14)7-13/h2-4,7-10,17H,5-6,14H2,1H3,(H,15,16). The van der Waals surface area contributed by atoms with Gasteiger partial charge in [-0.15, -0.1) is 0 Å². The van der Waals surface area contributed by atoms with Crippen molar-refractivity contribution in [2.75, 3.05) is 18.1 Å². The van der Waals surface area contributed by atoms with Gasteiger partial charge in [0.25, 0.3) is 0 Å². The van der Waals surface area contributed by atoms with Crippen LogP contribution in [0.3, 0.4) is 0 Å². The first-order chi connectivity index (χ1) is 9.96. The predicted octanol–water partition coefficient (Wildman–Crippen LogP) is 1.05. The van der Waals surface area contributed by atoms with Crippen LogP contribution in [0.5, 0.6) is 5.75 Å². The van der Waals surface area contributed by atoms with Crippen LogP contribution in [-0.2, 0) is 10.0 Å². The van der Waals surface area contributed by atoms with E-state index in [0.717, 1.165) is 5.56 Å². The molecule has 0 radical (unpaired) electrons. The Hall–Kier alpha value is -2.06.